The quantitative estimate of drug-likeness (QED) is 0.311. The van der Waals surface area contributed by atoms with Gasteiger partial charge in [-0.25, -0.2) is 4.98 Å². The maximum Gasteiger partial charge on any atom is 0.254 e. The Bertz CT molecular complexity index is 1350. The van der Waals surface area contributed by atoms with Crippen LogP contribution in [-0.2, 0) is 4.79 Å². The molecule has 4 aromatic rings. The first-order valence-electron chi connectivity index (χ1n) is 11.9. The molecule has 0 bridgehead atoms. The lowest BCUT2D eigenvalue weighted by atomic mass is 10.1. The van der Waals surface area contributed by atoms with E-state index in [0.29, 0.717) is 28.8 Å². The molecule has 0 fully saturated rings. The lowest BCUT2D eigenvalue weighted by Crippen LogP contribution is -2.40. The number of hydrogen-bond donors (Lipinski definition) is 1. The Hall–Kier alpha value is -3.90. The summed E-state index contributed by atoms with van der Waals surface area (Å²) < 4.78 is 1.79. The molecule has 36 heavy (non-hydrogen) atoms. The van der Waals surface area contributed by atoms with Crippen molar-refractivity contribution in [1.82, 2.24) is 14.5 Å². The van der Waals surface area contributed by atoms with Crippen molar-refractivity contribution >= 4 is 29.4 Å². The summed E-state index contributed by atoms with van der Waals surface area (Å²) >= 11 is 6.23. The molecule has 184 valence electrons. The Labute approximate surface area is 216 Å². The monoisotopic (exact) mass is 500 g/mol. The number of benzene rings is 3. The number of nitrogens with one attached hydrogen (secondary N) is 1. The molecule has 0 aliphatic carbocycles. The zero-order valence-corrected chi connectivity index (χ0v) is 21.4. The van der Waals surface area contributed by atoms with Crippen molar-refractivity contribution in [2.75, 3.05) is 18.4 Å². The van der Waals surface area contributed by atoms with Crippen molar-refractivity contribution in [3.63, 3.8) is 0 Å². The third-order valence-corrected chi connectivity index (χ3v) is 5.85. The average Bonchev–Trinajstić information content (AvgIpc) is 3.27. The van der Waals surface area contributed by atoms with Crippen molar-refractivity contribution in [1.29, 1.82) is 0 Å². The number of carbonyl (C=O) groups is 2. The Morgan fingerprint density at radius 3 is 2.39 bits per heavy atom. The molecule has 2 amide bonds. The van der Waals surface area contributed by atoms with E-state index in [1.807, 2.05) is 81.6 Å². The van der Waals surface area contributed by atoms with Crippen molar-refractivity contribution in [3.05, 3.63) is 101 Å². The summed E-state index contributed by atoms with van der Waals surface area (Å²) in [5, 5.41) is 3.49. The summed E-state index contributed by atoms with van der Waals surface area (Å²) in [4.78, 5) is 32.7. The van der Waals surface area contributed by atoms with E-state index in [2.05, 4.69) is 5.32 Å². The minimum Gasteiger partial charge on any atom is -0.329 e. The normalized spacial score (nSPS) is 10.9. The highest BCUT2D eigenvalue weighted by Crippen LogP contribution is 2.25. The van der Waals surface area contributed by atoms with E-state index in [1.165, 1.54) is 0 Å². The van der Waals surface area contributed by atoms with E-state index in [9.17, 15) is 9.59 Å². The van der Waals surface area contributed by atoms with Gasteiger partial charge in [0.1, 0.15) is 6.54 Å². The Morgan fingerprint density at radius 2 is 1.72 bits per heavy atom. The summed E-state index contributed by atoms with van der Waals surface area (Å²) in [6.45, 7) is 6.38. The summed E-state index contributed by atoms with van der Waals surface area (Å²) in [5.74, 6) is 0.0466. The number of hydrogen-bond acceptors (Lipinski definition) is 3. The van der Waals surface area contributed by atoms with Crippen molar-refractivity contribution in [2.24, 2.45) is 5.92 Å². The number of nitrogens with zero attached hydrogens (tertiary/aromatic N) is 3. The van der Waals surface area contributed by atoms with Crippen LogP contribution < -0.4 is 5.32 Å². The highest BCUT2D eigenvalue weighted by Gasteiger charge is 2.22. The molecule has 0 aliphatic heterocycles. The van der Waals surface area contributed by atoms with E-state index in [4.69, 9.17) is 16.6 Å². The van der Waals surface area contributed by atoms with Crippen LogP contribution in [0, 0.1) is 12.8 Å². The van der Waals surface area contributed by atoms with Crippen LogP contribution in [0.3, 0.4) is 0 Å². The third kappa shape index (κ3) is 6.20. The highest BCUT2D eigenvalue weighted by atomic mass is 35.5. The molecule has 1 N–H and O–H groups in total. The van der Waals surface area contributed by atoms with Crippen LogP contribution in [0.1, 0.15) is 29.8 Å². The van der Waals surface area contributed by atoms with Crippen LogP contribution in [0.5, 0.6) is 0 Å². The van der Waals surface area contributed by atoms with Gasteiger partial charge in [0.05, 0.1) is 5.69 Å². The number of imidazole rings is 1. The van der Waals surface area contributed by atoms with Gasteiger partial charge in [0.2, 0.25) is 11.9 Å². The second-order valence-electron chi connectivity index (χ2n) is 9.16. The maximum atomic E-state index is 13.2. The summed E-state index contributed by atoms with van der Waals surface area (Å²) in [5.41, 5.74) is 4.02. The smallest absolute Gasteiger partial charge is 0.254 e. The van der Waals surface area contributed by atoms with Gasteiger partial charge < -0.3 is 4.90 Å². The van der Waals surface area contributed by atoms with Crippen molar-refractivity contribution < 1.29 is 9.59 Å². The minimum absolute atomic E-state index is 0.0893. The van der Waals surface area contributed by atoms with E-state index in [1.54, 1.807) is 33.7 Å². The van der Waals surface area contributed by atoms with E-state index >= 15 is 0 Å². The number of rotatable bonds is 8. The second-order valence-corrected chi connectivity index (χ2v) is 9.60. The highest BCUT2D eigenvalue weighted by molar-refractivity contribution is 6.30. The fourth-order valence-corrected chi connectivity index (χ4v) is 4.10. The molecule has 3 aromatic carbocycles. The molecule has 0 saturated carbocycles. The van der Waals surface area contributed by atoms with E-state index < -0.39 is 0 Å². The van der Waals surface area contributed by atoms with Crippen molar-refractivity contribution in [2.45, 2.75) is 20.8 Å². The number of halogens is 1. The van der Waals surface area contributed by atoms with Gasteiger partial charge >= 0.3 is 0 Å². The van der Waals surface area contributed by atoms with Crippen LogP contribution in [0.2, 0.25) is 5.02 Å². The van der Waals surface area contributed by atoms with Crippen LogP contribution in [0.4, 0.5) is 5.95 Å². The molecule has 4 rings (SSSR count). The van der Waals surface area contributed by atoms with Gasteiger partial charge in [-0.3, -0.25) is 19.5 Å². The molecular weight excluding hydrogens is 472 g/mol. The number of anilines is 1. The zero-order valence-electron chi connectivity index (χ0n) is 20.6. The molecule has 1 heterocycles. The first-order valence-corrected chi connectivity index (χ1v) is 12.2. The Balaban J connectivity index is 1.61. The first-order chi connectivity index (χ1) is 17.3. The number of amides is 2. The van der Waals surface area contributed by atoms with E-state index in [-0.39, 0.29) is 24.3 Å². The lowest BCUT2D eigenvalue weighted by Gasteiger charge is -2.24. The molecule has 1 aromatic heterocycles. The van der Waals surface area contributed by atoms with Gasteiger partial charge in [0.25, 0.3) is 5.91 Å². The lowest BCUT2D eigenvalue weighted by molar-refractivity contribution is -0.117. The topological polar surface area (TPSA) is 67.2 Å². The molecule has 0 radical (unpaired) electrons. The summed E-state index contributed by atoms with van der Waals surface area (Å²) in [6, 6.07) is 24.4. The molecule has 0 atom stereocenters. The average molecular weight is 501 g/mol. The fraction of sp³-hybridized carbons (Fsp3) is 0.207. The van der Waals surface area contributed by atoms with Gasteiger partial charge in [-0.2, -0.15) is 0 Å². The molecular formula is C29H29ClN4O2. The molecule has 7 heteroatoms. The SMILES string of the molecule is Cc1ccc(C(=O)N(CC(=O)Nc2nc(-c3ccccc3)cn2-c2cccc(Cl)c2)CC(C)C)cc1. The molecule has 6 nitrogen and oxygen atoms in total. The van der Waals surface area contributed by atoms with Gasteiger partial charge in [-0.1, -0.05) is 79.5 Å². The molecule has 0 aliphatic rings. The van der Waals surface area contributed by atoms with Crippen LogP contribution in [-0.4, -0.2) is 39.4 Å². The first kappa shape index (κ1) is 25.2. The standard InChI is InChI=1S/C29H29ClN4O2/c1-20(2)17-33(28(36)23-14-12-21(3)13-15-23)19-27(35)32-29-31-26(22-8-5-4-6-9-22)18-34(29)25-11-7-10-24(30)16-25/h4-16,18,20H,17,19H2,1-3H3,(H,31,32,35). The molecule has 0 saturated heterocycles. The van der Waals surface area contributed by atoms with Gasteiger partial charge in [-0.15, -0.1) is 0 Å². The predicted molar refractivity (Wildman–Crippen MR) is 145 cm³/mol. The Kier molecular flexibility index (Phi) is 7.86. The van der Waals surface area contributed by atoms with Crippen LogP contribution in [0.25, 0.3) is 16.9 Å². The van der Waals surface area contributed by atoms with Crippen LogP contribution in [0.15, 0.2) is 85.1 Å². The zero-order chi connectivity index (χ0) is 25.7. The summed E-state index contributed by atoms with van der Waals surface area (Å²) in [7, 11) is 0. The Morgan fingerprint density at radius 1 is 1.00 bits per heavy atom. The second kappa shape index (κ2) is 11.2. The van der Waals surface area contributed by atoms with Crippen molar-refractivity contribution in [3.8, 4) is 16.9 Å². The largest absolute Gasteiger partial charge is 0.329 e. The third-order valence-electron chi connectivity index (χ3n) is 5.62. The number of carbonyl (C=O) groups excluding carboxylic acids is 2. The number of aromatic nitrogens is 2. The fourth-order valence-electron chi connectivity index (χ4n) is 3.92. The minimum atomic E-state index is -0.329. The molecule has 0 spiro atoms. The van der Waals surface area contributed by atoms with E-state index in [0.717, 1.165) is 16.8 Å². The molecule has 0 unspecified atom stereocenters. The van der Waals surface area contributed by atoms with Gasteiger partial charge in [0, 0.05) is 34.6 Å². The van der Waals surface area contributed by atoms with Crippen LogP contribution >= 0.6 is 11.6 Å². The predicted octanol–water partition coefficient (Wildman–Crippen LogP) is 6.24. The number of aryl methyl sites for hydroxylation is 1. The maximum absolute atomic E-state index is 13.2. The van der Waals surface area contributed by atoms with Gasteiger partial charge in [-0.05, 0) is 43.2 Å². The summed E-state index contributed by atoms with van der Waals surface area (Å²) in [6.07, 6.45) is 1.86. The van der Waals surface area contributed by atoms with Gasteiger partial charge in [0.15, 0.2) is 0 Å².